The van der Waals surface area contributed by atoms with Gasteiger partial charge in [0.2, 0.25) is 24.4 Å². The average molecular weight is 515 g/mol. The second kappa shape index (κ2) is 23.7. The van der Waals surface area contributed by atoms with Crippen molar-refractivity contribution in [1.82, 2.24) is 10.9 Å². The fraction of sp³-hybridized carbons (Fsp3) is 0.636. The van der Waals surface area contributed by atoms with E-state index in [1.807, 2.05) is 12.4 Å². The second-order valence-corrected chi connectivity index (χ2v) is 8.89. The van der Waals surface area contributed by atoms with E-state index < -0.39 is 0 Å². The Morgan fingerprint density at radius 1 is 0.774 bits per heavy atom. The summed E-state index contributed by atoms with van der Waals surface area (Å²) in [5.41, 5.74) is 18.5. The van der Waals surface area contributed by atoms with Crippen LogP contribution in [-0.4, -0.2) is 22.7 Å². The number of hydrazone groups is 2. The SMILES string of the molecule is CC(C)=CCCC[C@H](C)/C=N/NC(N)=[SH+].CC(C)=CCCC[C@H](C)/C=N/NC(N)=[SH+].[Ni]. The van der Waals surface area contributed by atoms with Crippen molar-refractivity contribution in [3.8, 4) is 0 Å². The van der Waals surface area contributed by atoms with Crippen LogP contribution < -0.4 is 22.3 Å². The maximum absolute atomic E-state index is 5.28. The molecule has 31 heavy (non-hydrogen) atoms. The van der Waals surface area contributed by atoms with E-state index in [1.165, 1.54) is 24.0 Å². The second-order valence-electron chi connectivity index (χ2n) is 7.93. The van der Waals surface area contributed by atoms with Crippen molar-refractivity contribution in [3.63, 3.8) is 0 Å². The van der Waals surface area contributed by atoms with Crippen molar-refractivity contribution < 1.29 is 16.5 Å². The first-order valence-corrected chi connectivity index (χ1v) is 11.4. The zero-order valence-corrected chi connectivity index (χ0v) is 22.7. The molecule has 0 aromatic carbocycles. The molecule has 2 atom stereocenters. The monoisotopic (exact) mass is 514 g/mol. The minimum Gasteiger partial charge on any atom is -0.237 e. The van der Waals surface area contributed by atoms with Crippen molar-refractivity contribution >= 4 is 47.1 Å². The van der Waals surface area contributed by atoms with Gasteiger partial charge in [-0.3, -0.25) is 0 Å². The third-order valence-electron chi connectivity index (χ3n) is 3.85. The Balaban J connectivity index is -0.000000490. The summed E-state index contributed by atoms with van der Waals surface area (Å²) >= 11 is 7.74. The van der Waals surface area contributed by atoms with Crippen LogP contribution in [0.25, 0.3) is 0 Å². The third-order valence-corrected chi connectivity index (χ3v) is 4.05. The quantitative estimate of drug-likeness (QED) is 0.0468. The molecule has 6 N–H and O–H groups in total. The van der Waals surface area contributed by atoms with Gasteiger partial charge in [-0.05, 0) is 78.1 Å². The van der Waals surface area contributed by atoms with Crippen LogP contribution in [0.1, 0.15) is 80.1 Å². The van der Waals surface area contributed by atoms with Gasteiger partial charge < -0.3 is 0 Å². The Morgan fingerprint density at radius 2 is 1.10 bits per heavy atom. The predicted molar refractivity (Wildman–Crippen MR) is 144 cm³/mol. The van der Waals surface area contributed by atoms with Gasteiger partial charge in [0, 0.05) is 28.9 Å². The van der Waals surface area contributed by atoms with Gasteiger partial charge in [0.15, 0.2) is 0 Å². The minimum atomic E-state index is 0. The molecule has 0 aromatic heterocycles. The van der Waals surface area contributed by atoms with Crippen molar-refractivity contribution in [3.05, 3.63) is 23.3 Å². The number of allylic oxidation sites excluding steroid dienone is 4. The fourth-order valence-corrected chi connectivity index (χ4v) is 2.39. The topological polar surface area (TPSA) is 101 Å². The molecular formula is C22H44N6NiS2+2. The smallest absolute Gasteiger partial charge is 0.237 e. The van der Waals surface area contributed by atoms with E-state index in [4.69, 9.17) is 11.5 Å². The number of rotatable bonds is 12. The van der Waals surface area contributed by atoms with E-state index in [-0.39, 0.29) is 16.5 Å². The fourth-order valence-electron chi connectivity index (χ4n) is 2.27. The molecule has 0 unspecified atom stereocenters. The molecule has 0 bridgehead atoms. The predicted octanol–water partition coefficient (Wildman–Crippen LogP) is 3.32. The Kier molecular flexibility index (Phi) is 26.4. The molecule has 0 amide bonds. The Bertz CT molecular complexity index is 543. The molecule has 182 valence electrons. The summed E-state index contributed by atoms with van der Waals surface area (Å²) in [4.78, 5) is 0. The number of thiol groups is 2. The number of hydrogen-bond donors (Lipinski definition) is 4. The van der Waals surface area contributed by atoms with Crippen LogP contribution in [0.15, 0.2) is 33.5 Å². The van der Waals surface area contributed by atoms with Crippen LogP contribution in [0.2, 0.25) is 0 Å². The van der Waals surface area contributed by atoms with Gasteiger partial charge in [0.05, 0.1) is 0 Å². The molecule has 0 spiro atoms. The molecule has 6 nitrogen and oxygen atoms in total. The summed E-state index contributed by atoms with van der Waals surface area (Å²) in [6.45, 7) is 12.8. The van der Waals surface area contributed by atoms with Gasteiger partial charge in [0.25, 0.3) is 0 Å². The van der Waals surface area contributed by atoms with Gasteiger partial charge in [-0.15, -0.1) is 0 Å². The molecule has 0 aliphatic rings. The number of nitrogens with two attached hydrogens (primary N) is 2. The third kappa shape index (κ3) is 33.8. The van der Waals surface area contributed by atoms with Crippen molar-refractivity contribution in [2.45, 2.75) is 80.1 Å². The minimum absolute atomic E-state index is 0. The zero-order valence-electron chi connectivity index (χ0n) is 20.0. The van der Waals surface area contributed by atoms with E-state index in [9.17, 15) is 0 Å². The first-order valence-electron chi connectivity index (χ1n) is 10.5. The van der Waals surface area contributed by atoms with E-state index in [2.05, 4.69) is 99.2 Å². The summed E-state index contributed by atoms with van der Waals surface area (Å²) in [7, 11) is 0. The molecule has 0 aromatic rings. The first kappa shape index (κ1) is 34.6. The maximum atomic E-state index is 5.28. The number of nitrogens with one attached hydrogen (secondary N) is 2. The molecule has 9 heteroatoms. The number of unbranched alkanes of at least 4 members (excludes halogenated alkanes) is 2. The number of hydrogen-bond acceptors (Lipinski definition) is 2. The maximum Gasteiger partial charge on any atom is 0.356 e. The summed E-state index contributed by atoms with van der Waals surface area (Å²) in [6.07, 6.45) is 15.2. The molecule has 0 saturated carbocycles. The Morgan fingerprint density at radius 3 is 1.35 bits per heavy atom. The largest absolute Gasteiger partial charge is 0.356 e. The van der Waals surface area contributed by atoms with Crippen molar-refractivity contribution in [2.75, 3.05) is 0 Å². The summed E-state index contributed by atoms with van der Waals surface area (Å²) in [6, 6.07) is 0. The molecule has 0 rings (SSSR count). The first-order chi connectivity index (χ1) is 14.0. The van der Waals surface area contributed by atoms with Crippen LogP contribution in [0.5, 0.6) is 0 Å². The van der Waals surface area contributed by atoms with Crippen LogP contribution >= 0.6 is 0 Å². The number of nitrogens with zero attached hydrogens (tertiary/aromatic N) is 2. The van der Waals surface area contributed by atoms with E-state index in [0.29, 0.717) is 22.1 Å². The van der Waals surface area contributed by atoms with Crippen LogP contribution in [0.3, 0.4) is 0 Å². The molecule has 0 heterocycles. The standard InChI is InChI=1S/2C11H21N3S.Ni/c2*1-9(2)6-4-5-7-10(3)8-13-14-11(12)15;/h2*6,8,10H,4-5,7H2,1-3H3,(H3,12,14,15);/p+2/b2*13-8+;/t2*10-;/m00./s1. The van der Waals surface area contributed by atoms with Crippen LogP contribution in [0, 0.1) is 11.8 Å². The molecule has 0 aliphatic carbocycles. The Labute approximate surface area is 210 Å². The molecule has 0 aliphatic heterocycles. The summed E-state index contributed by atoms with van der Waals surface area (Å²) in [5.74, 6) is 0.937. The molecule has 0 saturated heterocycles. The van der Waals surface area contributed by atoms with Crippen molar-refractivity contribution in [1.29, 1.82) is 0 Å². The molecular weight excluding hydrogens is 471 g/mol. The van der Waals surface area contributed by atoms with Crippen LogP contribution in [-0.2, 0) is 40.9 Å². The average Bonchev–Trinajstić information content (AvgIpc) is 2.62. The Hall–Kier alpha value is -0.986. The van der Waals surface area contributed by atoms with E-state index >= 15 is 0 Å². The van der Waals surface area contributed by atoms with E-state index in [1.54, 1.807) is 0 Å². The van der Waals surface area contributed by atoms with Gasteiger partial charge in [0.1, 0.15) is 0 Å². The van der Waals surface area contributed by atoms with E-state index in [0.717, 1.165) is 25.7 Å². The molecule has 0 fully saturated rings. The van der Waals surface area contributed by atoms with Gasteiger partial charge in [-0.1, -0.05) is 37.1 Å². The van der Waals surface area contributed by atoms with Crippen LogP contribution in [0.4, 0.5) is 0 Å². The summed E-state index contributed by atoms with van der Waals surface area (Å²) < 4.78 is 0. The van der Waals surface area contributed by atoms with Gasteiger partial charge >= 0.3 is 10.2 Å². The summed E-state index contributed by atoms with van der Waals surface area (Å²) in [5, 5.41) is 8.56. The van der Waals surface area contributed by atoms with Gasteiger partial charge in [-0.2, -0.15) is 10.2 Å². The molecule has 0 radical (unpaired) electrons. The van der Waals surface area contributed by atoms with Gasteiger partial charge in [-0.25, -0.2) is 22.3 Å². The zero-order chi connectivity index (χ0) is 23.4. The van der Waals surface area contributed by atoms with Crippen molar-refractivity contribution in [2.24, 2.45) is 33.5 Å². The normalized spacial score (nSPS) is 12.1.